The lowest BCUT2D eigenvalue weighted by Gasteiger charge is -2.23. The van der Waals surface area contributed by atoms with Crippen LogP contribution in [-0.4, -0.2) is 31.3 Å². The molecule has 0 saturated carbocycles. The second-order valence-corrected chi connectivity index (χ2v) is 7.17. The van der Waals surface area contributed by atoms with Crippen molar-refractivity contribution in [2.24, 2.45) is 4.99 Å². The highest BCUT2D eigenvalue weighted by atomic mass is 16.5. The topological polar surface area (TPSA) is 54.9 Å². The van der Waals surface area contributed by atoms with Crippen LogP contribution in [0.5, 0.6) is 5.75 Å². The van der Waals surface area contributed by atoms with Gasteiger partial charge in [0.1, 0.15) is 12.4 Å². The summed E-state index contributed by atoms with van der Waals surface area (Å²) in [6.45, 7) is 1.22. The Morgan fingerprint density at radius 3 is 2.67 bits per heavy atom. The van der Waals surface area contributed by atoms with Crippen molar-refractivity contribution in [2.45, 2.75) is 50.7 Å². The van der Waals surface area contributed by atoms with Gasteiger partial charge in [-0.05, 0) is 30.9 Å². The van der Waals surface area contributed by atoms with Crippen molar-refractivity contribution in [3.63, 3.8) is 0 Å². The molecule has 2 bridgehead atoms. The number of para-hydroxylation sites is 1. The van der Waals surface area contributed by atoms with Crippen LogP contribution < -0.4 is 15.4 Å². The molecule has 0 radical (unpaired) electrons. The molecule has 4 rings (SSSR count). The normalized spacial score (nSPS) is 24.0. The molecule has 0 spiro atoms. The predicted molar refractivity (Wildman–Crippen MR) is 107 cm³/mol. The minimum atomic E-state index is 0.329. The van der Waals surface area contributed by atoms with E-state index in [-0.39, 0.29) is 0 Å². The molecule has 142 valence electrons. The van der Waals surface area contributed by atoms with E-state index in [1.807, 2.05) is 36.4 Å². The molecule has 2 aliphatic heterocycles. The van der Waals surface area contributed by atoms with E-state index < -0.39 is 0 Å². The average molecular weight is 365 g/mol. The first kappa shape index (κ1) is 17.9. The van der Waals surface area contributed by atoms with Gasteiger partial charge in [0.2, 0.25) is 0 Å². The minimum absolute atomic E-state index is 0.329. The number of fused-ring (bicyclic) bond motifs is 2. The van der Waals surface area contributed by atoms with Crippen LogP contribution in [0.25, 0.3) is 0 Å². The van der Waals surface area contributed by atoms with E-state index >= 15 is 0 Å². The van der Waals surface area contributed by atoms with Gasteiger partial charge < -0.3 is 20.1 Å². The molecule has 0 amide bonds. The van der Waals surface area contributed by atoms with Gasteiger partial charge in [0, 0.05) is 19.2 Å². The number of hydrogen-bond acceptors (Lipinski definition) is 3. The Morgan fingerprint density at radius 1 is 1.11 bits per heavy atom. The maximum Gasteiger partial charge on any atom is 0.191 e. The van der Waals surface area contributed by atoms with Gasteiger partial charge in [-0.1, -0.05) is 48.5 Å². The highest BCUT2D eigenvalue weighted by Crippen LogP contribution is 2.34. The van der Waals surface area contributed by atoms with Crippen LogP contribution in [0.2, 0.25) is 0 Å². The lowest BCUT2D eigenvalue weighted by atomic mass is 9.96. The monoisotopic (exact) mass is 365 g/mol. The van der Waals surface area contributed by atoms with Crippen LogP contribution in [0, 0.1) is 0 Å². The van der Waals surface area contributed by atoms with E-state index in [1.165, 1.54) is 6.42 Å². The number of hydrogen-bond donors (Lipinski definition) is 2. The van der Waals surface area contributed by atoms with Crippen LogP contribution in [0.15, 0.2) is 59.6 Å². The van der Waals surface area contributed by atoms with E-state index in [0.29, 0.717) is 31.4 Å². The first-order valence-corrected chi connectivity index (χ1v) is 9.69. The maximum absolute atomic E-state index is 6.04. The van der Waals surface area contributed by atoms with Crippen molar-refractivity contribution in [1.82, 2.24) is 10.6 Å². The second kappa shape index (κ2) is 8.44. The molecule has 2 heterocycles. The maximum atomic E-state index is 6.04. The van der Waals surface area contributed by atoms with E-state index in [4.69, 9.17) is 9.47 Å². The summed E-state index contributed by atoms with van der Waals surface area (Å²) in [6, 6.07) is 18.7. The molecule has 5 heteroatoms. The van der Waals surface area contributed by atoms with Gasteiger partial charge in [-0.15, -0.1) is 0 Å². The number of benzene rings is 2. The van der Waals surface area contributed by atoms with Crippen molar-refractivity contribution in [1.29, 1.82) is 0 Å². The Labute approximate surface area is 160 Å². The third-order valence-electron chi connectivity index (χ3n) is 5.31. The zero-order valence-corrected chi connectivity index (χ0v) is 15.7. The second-order valence-electron chi connectivity index (χ2n) is 7.17. The fraction of sp³-hybridized carbons (Fsp3) is 0.409. The van der Waals surface area contributed by atoms with E-state index in [2.05, 4.69) is 33.8 Å². The van der Waals surface area contributed by atoms with E-state index in [1.54, 1.807) is 7.05 Å². The summed E-state index contributed by atoms with van der Waals surface area (Å²) in [5, 5.41) is 6.93. The molecule has 0 aromatic heterocycles. The van der Waals surface area contributed by atoms with Gasteiger partial charge in [-0.3, -0.25) is 4.99 Å². The lowest BCUT2D eigenvalue weighted by Crippen LogP contribution is -2.47. The number of rotatable bonds is 6. The van der Waals surface area contributed by atoms with Crippen molar-refractivity contribution in [3.8, 4) is 5.75 Å². The lowest BCUT2D eigenvalue weighted by molar-refractivity contribution is 0.0992. The summed E-state index contributed by atoms with van der Waals surface area (Å²) in [7, 11) is 1.81. The standard InChI is InChI=1S/C22H27N3O2/c1-23-22(25-19-13-18-11-12-21(19)27-18)24-14-17-9-5-6-10-20(17)26-15-16-7-3-2-4-8-16/h2-10,18-19,21H,11-15H2,1H3,(H2,23,24,25). The van der Waals surface area contributed by atoms with Crippen molar-refractivity contribution in [2.75, 3.05) is 7.05 Å². The zero-order valence-electron chi connectivity index (χ0n) is 15.7. The summed E-state index contributed by atoms with van der Waals surface area (Å²) in [4.78, 5) is 4.37. The number of guanidine groups is 1. The molecule has 2 N–H and O–H groups in total. The molecular formula is C22H27N3O2. The van der Waals surface area contributed by atoms with Crippen LogP contribution in [0.1, 0.15) is 30.4 Å². The number of nitrogens with zero attached hydrogens (tertiary/aromatic N) is 1. The number of nitrogens with one attached hydrogen (secondary N) is 2. The zero-order chi connectivity index (χ0) is 18.5. The van der Waals surface area contributed by atoms with Crippen molar-refractivity contribution in [3.05, 3.63) is 65.7 Å². The van der Waals surface area contributed by atoms with Gasteiger partial charge in [-0.2, -0.15) is 0 Å². The third kappa shape index (κ3) is 4.42. The van der Waals surface area contributed by atoms with Crippen LogP contribution >= 0.6 is 0 Å². The Morgan fingerprint density at radius 2 is 1.93 bits per heavy atom. The molecule has 2 aliphatic rings. The van der Waals surface area contributed by atoms with Crippen molar-refractivity contribution >= 4 is 5.96 Å². The molecule has 27 heavy (non-hydrogen) atoms. The van der Waals surface area contributed by atoms with Gasteiger partial charge in [0.15, 0.2) is 5.96 Å². The Balaban J connectivity index is 1.33. The third-order valence-corrected chi connectivity index (χ3v) is 5.31. The summed E-state index contributed by atoms with van der Waals surface area (Å²) < 4.78 is 12.0. The minimum Gasteiger partial charge on any atom is -0.489 e. The molecule has 3 unspecified atom stereocenters. The number of ether oxygens (including phenoxy) is 2. The number of aliphatic imine (C=N–C) groups is 1. The Hall–Kier alpha value is -2.53. The van der Waals surface area contributed by atoms with Gasteiger partial charge in [-0.25, -0.2) is 0 Å². The van der Waals surface area contributed by atoms with Crippen LogP contribution in [-0.2, 0) is 17.9 Å². The van der Waals surface area contributed by atoms with Gasteiger partial charge >= 0.3 is 0 Å². The smallest absolute Gasteiger partial charge is 0.191 e. The molecule has 0 aliphatic carbocycles. The van der Waals surface area contributed by atoms with E-state index in [0.717, 1.165) is 35.7 Å². The fourth-order valence-electron chi connectivity index (χ4n) is 3.86. The Bertz CT molecular complexity index is 778. The van der Waals surface area contributed by atoms with Gasteiger partial charge in [0.25, 0.3) is 0 Å². The van der Waals surface area contributed by atoms with Crippen LogP contribution in [0.3, 0.4) is 0 Å². The predicted octanol–water partition coefficient (Wildman–Crippen LogP) is 3.25. The van der Waals surface area contributed by atoms with Crippen LogP contribution in [0.4, 0.5) is 0 Å². The fourth-order valence-corrected chi connectivity index (χ4v) is 3.86. The molecule has 2 saturated heterocycles. The molecule has 2 aromatic rings. The quantitative estimate of drug-likeness (QED) is 0.609. The molecular weight excluding hydrogens is 338 g/mol. The Kier molecular flexibility index (Phi) is 5.58. The summed E-state index contributed by atoms with van der Waals surface area (Å²) in [5.41, 5.74) is 2.27. The molecule has 2 aromatic carbocycles. The van der Waals surface area contributed by atoms with Gasteiger partial charge in [0.05, 0.1) is 18.2 Å². The first-order chi connectivity index (χ1) is 13.3. The first-order valence-electron chi connectivity index (χ1n) is 9.69. The molecule has 3 atom stereocenters. The molecule has 2 fully saturated rings. The van der Waals surface area contributed by atoms with E-state index in [9.17, 15) is 0 Å². The molecule has 5 nitrogen and oxygen atoms in total. The largest absolute Gasteiger partial charge is 0.489 e. The summed E-state index contributed by atoms with van der Waals surface area (Å²) >= 11 is 0. The van der Waals surface area contributed by atoms with Crippen molar-refractivity contribution < 1.29 is 9.47 Å². The average Bonchev–Trinajstić information content (AvgIpc) is 3.34. The summed E-state index contributed by atoms with van der Waals surface area (Å²) in [6.07, 6.45) is 4.17. The SMILES string of the molecule is CN=C(NCc1ccccc1OCc1ccccc1)NC1CC2CCC1O2. The summed E-state index contributed by atoms with van der Waals surface area (Å²) in [5.74, 6) is 1.71. The highest BCUT2D eigenvalue weighted by molar-refractivity contribution is 5.80. The highest BCUT2D eigenvalue weighted by Gasteiger charge is 2.41.